The molecule has 7 heteroatoms. The van der Waals surface area contributed by atoms with Gasteiger partial charge in [-0.2, -0.15) is 0 Å². The first kappa shape index (κ1) is 17.2. The Labute approximate surface area is 157 Å². The average Bonchev–Trinajstić information content (AvgIpc) is 3.05. The summed E-state index contributed by atoms with van der Waals surface area (Å²) < 4.78 is 11.2. The third-order valence-electron chi connectivity index (χ3n) is 4.93. The van der Waals surface area contributed by atoms with E-state index >= 15 is 0 Å². The molecule has 1 unspecified atom stereocenters. The average molecular weight is 367 g/mol. The number of nitrogens with zero attached hydrogens (tertiary/aromatic N) is 1. The number of carbonyl (C=O) groups excluding carboxylic acids is 2. The molecule has 140 valence electrons. The van der Waals surface area contributed by atoms with Gasteiger partial charge in [0.1, 0.15) is 13.2 Å². The fraction of sp³-hybridized carbons (Fsp3) is 0.300. The van der Waals surface area contributed by atoms with Crippen LogP contribution in [-0.2, 0) is 11.2 Å². The van der Waals surface area contributed by atoms with Gasteiger partial charge >= 0.3 is 6.03 Å². The van der Waals surface area contributed by atoms with Gasteiger partial charge < -0.3 is 25.0 Å². The van der Waals surface area contributed by atoms with Crippen molar-refractivity contribution in [2.45, 2.75) is 19.4 Å². The summed E-state index contributed by atoms with van der Waals surface area (Å²) in [6, 6.07) is 10.8. The van der Waals surface area contributed by atoms with Crippen molar-refractivity contribution in [3.8, 4) is 11.5 Å². The lowest BCUT2D eigenvalue weighted by Crippen LogP contribution is -2.33. The van der Waals surface area contributed by atoms with Crippen molar-refractivity contribution in [1.29, 1.82) is 0 Å². The number of amides is 3. The van der Waals surface area contributed by atoms with E-state index in [1.807, 2.05) is 31.2 Å². The number of anilines is 2. The van der Waals surface area contributed by atoms with Crippen LogP contribution < -0.4 is 20.1 Å². The van der Waals surface area contributed by atoms with Crippen molar-refractivity contribution in [2.24, 2.45) is 0 Å². The van der Waals surface area contributed by atoms with Crippen LogP contribution in [0.4, 0.5) is 16.2 Å². The highest BCUT2D eigenvalue weighted by Crippen LogP contribution is 2.34. The van der Waals surface area contributed by atoms with E-state index in [2.05, 4.69) is 10.6 Å². The monoisotopic (exact) mass is 367 g/mol. The molecule has 0 aliphatic carbocycles. The maximum Gasteiger partial charge on any atom is 0.322 e. The molecule has 0 saturated carbocycles. The first-order chi connectivity index (χ1) is 13.0. The summed E-state index contributed by atoms with van der Waals surface area (Å²) in [4.78, 5) is 25.7. The van der Waals surface area contributed by atoms with Gasteiger partial charge in [0.15, 0.2) is 11.5 Å². The van der Waals surface area contributed by atoms with Gasteiger partial charge in [0, 0.05) is 18.4 Å². The van der Waals surface area contributed by atoms with Crippen LogP contribution >= 0.6 is 0 Å². The molecule has 4 rings (SSSR count). The third kappa shape index (κ3) is 3.40. The van der Waals surface area contributed by atoms with Crippen LogP contribution in [0.5, 0.6) is 11.5 Å². The van der Waals surface area contributed by atoms with Crippen LogP contribution in [0, 0.1) is 0 Å². The molecule has 2 aliphatic rings. The molecule has 3 amide bonds. The van der Waals surface area contributed by atoms with Crippen LogP contribution in [0.25, 0.3) is 0 Å². The topological polar surface area (TPSA) is 79.9 Å². The molecule has 0 fully saturated rings. The summed E-state index contributed by atoms with van der Waals surface area (Å²) in [5.41, 5.74) is 3.31. The van der Waals surface area contributed by atoms with E-state index in [-0.39, 0.29) is 18.0 Å². The summed E-state index contributed by atoms with van der Waals surface area (Å²) >= 11 is 0. The number of hydrogen-bond donors (Lipinski definition) is 2. The first-order valence-electron chi connectivity index (χ1n) is 8.87. The van der Waals surface area contributed by atoms with Crippen molar-refractivity contribution in [3.05, 3.63) is 47.5 Å². The minimum absolute atomic E-state index is 0.0298. The van der Waals surface area contributed by atoms with Gasteiger partial charge in [0.2, 0.25) is 5.91 Å². The van der Waals surface area contributed by atoms with Gasteiger partial charge in [-0.25, -0.2) is 4.79 Å². The van der Waals surface area contributed by atoms with Gasteiger partial charge in [0.05, 0.1) is 12.5 Å². The van der Waals surface area contributed by atoms with Gasteiger partial charge in [-0.1, -0.05) is 6.07 Å². The third-order valence-corrected chi connectivity index (χ3v) is 4.93. The van der Waals surface area contributed by atoms with E-state index in [1.54, 1.807) is 24.1 Å². The fourth-order valence-corrected chi connectivity index (χ4v) is 3.24. The quantitative estimate of drug-likeness (QED) is 0.873. The van der Waals surface area contributed by atoms with E-state index in [9.17, 15) is 9.59 Å². The van der Waals surface area contributed by atoms with Crippen molar-refractivity contribution in [1.82, 2.24) is 4.90 Å². The summed E-state index contributed by atoms with van der Waals surface area (Å²) in [7, 11) is 1.75. The number of ether oxygens (including phenoxy) is 2. The lowest BCUT2D eigenvalue weighted by Gasteiger charge is -2.27. The Balaban J connectivity index is 1.46. The zero-order chi connectivity index (χ0) is 19.0. The van der Waals surface area contributed by atoms with Gasteiger partial charge in [-0.05, 0) is 48.4 Å². The molecule has 2 aromatic rings. The Kier molecular flexibility index (Phi) is 4.35. The van der Waals surface area contributed by atoms with Gasteiger partial charge in [0.25, 0.3) is 0 Å². The minimum Gasteiger partial charge on any atom is -0.486 e. The van der Waals surface area contributed by atoms with E-state index in [0.29, 0.717) is 31.1 Å². The summed E-state index contributed by atoms with van der Waals surface area (Å²) in [6.07, 6.45) is 0.336. The lowest BCUT2D eigenvalue weighted by atomic mass is 10.1. The van der Waals surface area contributed by atoms with Crippen molar-refractivity contribution in [2.75, 3.05) is 30.9 Å². The normalized spacial score (nSPS) is 15.6. The maximum atomic E-state index is 12.7. The molecule has 2 N–H and O–H groups in total. The van der Waals surface area contributed by atoms with Crippen molar-refractivity contribution < 1.29 is 19.1 Å². The Morgan fingerprint density at radius 2 is 1.93 bits per heavy atom. The largest absolute Gasteiger partial charge is 0.486 e. The molecular weight excluding hydrogens is 346 g/mol. The second kappa shape index (κ2) is 6.83. The number of hydrogen-bond acceptors (Lipinski definition) is 4. The highest BCUT2D eigenvalue weighted by atomic mass is 16.6. The molecule has 0 radical (unpaired) electrons. The van der Waals surface area contributed by atoms with E-state index in [4.69, 9.17) is 9.47 Å². The smallest absolute Gasteiger partial charge is 0.322 e. The molecule has 2 aromatic carbocycles. The van der Waals surface area contributed by atoms with E-state index in [1.165, 1.54) is 0 Å². The van der Waals surface area contributed by atoms with E-state index in [0.717, 1.165) is 22.6 Å². The summed E-state index contributed by atoms with van der Waals surface area (Å²) in [6.45, 7) is 3.03. The van der Waals surface area contributed by atoms with Gasteiger partial charge in [-0.3, -0.25) is 4.79 Å². The lowest BCUT2D eigenvalue weighted by molar-refractivity contribution is -0.115. The number of urea groups is 1. The Hall–Kier alpha value is -3.22. The number of benzene rings is 2. The second-order valence-electron chi connectivity index (χ2n) is 6.72. The molecule has 7 nitrogen and oxygen atoms in total. The molecule has 0 aromatic heterocycles. The Morgan fingerprint density at radius 3 is 2.74 bits per heavy atom. The van der Waals surface area contributed by atoms with E-state index < -0.39 is 0 Å². The highest BCUT2D eigenvalue weighted by molar-refractivity contribution is 6.00. The Bertz CT molecular complexity index is 912. The fourth-order valence-electron chi connectivity index (χ4n) is 3.24. The molecule has 0 saturated heterocycles. The van der Waals surface area contributed by atoms with Gasteiger partial charge in [-0.15, -0.1) is 0 Å². The standard InChI is InChI=1S/C20H21N3O4/c1-12(13-3-6-17-18(10-13)27-8-7-26-17)23(2)20(25)21-15-4-5-16-14(9-15)11-19(24)22-16/h3-6,9-10,12H,7-8,11H2,1-2H3,(H,21,25)(H,22,24). The molecule has 1 atom stereocenters. The minimum atomic E-state index is -0.227. The Morgan fingerprint density at radius 1 is 1.15 bits per heavy atom. The first-order valence-corrected chi connectivity index (χ1v) is 8.87. The zero-order valence-corrected chi connectivity index (χ0v) is 15.2. The van der Waals surface area contributed by atoms with Crippen molar-refractivity contribution in [3.63, 3.8) is 0 Å². The predicted octanol–water partition coefficient (Wildman–Crippen LogP) is 3.18. The predicted molar refractivity (Wildman–Crippen MR) is 101 cm³/mol. The molecule has 27 heavy (non-hydrogen) atoms. The SMILES string of the molecule is CC(c1ccc2c(c1)OCCO2)N(C)C(=O)Nc1ccc2c(c1)CC(=O)N2. The number of carbonyl (C=O) groups is 2. The summed E-state index contributed by atoms with van der Waals surface area (Å²) in [5.74, 6) is 1.40. The summed E-state index contributed by atoms with van der Waals surface area (Å²) in [5, 5.41) is 5.67. The van der Waals surface area contributed by atoms with Crippen LogP contribution in [0.3, 0.4) is 0 Å². The molecule has 2 aliphatic heterocycles. The number of rotatable bonds is 3. The molecule has 0 bridgehead atoms. The molecule has 0 spiro atoms. The van der Waals surface area contributed by atoms with Crippen molar-refractivity contribution >= 4 is 23.3 Å². The van der Waals surface area contributed by atoms with Crippen LogP contribution in [0.1, 0.15) is 24.1 Å². The second-order valence-corrected chi connectivity index (χ2v) is 6.72. The maximum absolute atomic E-state index is 12.7. The number of fused-ring (bicyclic) bond motifs is 2. The number of nitrogens with one attached hydrogen (secondary N) is 2. The highest BCUT2D eigenvalue weighted by Gasteiger charge is 2.22. The molecular formula is C20H21N3O4. The molecule has 2 heterocycles. The van der Waals surface area contributed by atoms with Crippen LogP contribution in [0.15, 0.2) is 36.4 Å². The van der Waals surface area contributed by atoms with Crippen LogP contribution in [0.2, 0.25) is 0 Å². The van der Waals surface area contributed by atoms with Crippen LogP contribution in [-0.4, -0.2) is 37.1 Å². The zero-order valence-electron chi connectivity index (χ0n) is 15.2.